The van der Waals surface area contributed by atoms with Crippen molar-refractivity contribution < 1.29 is 4.79 Å². The number of ketones is 1. The van der Waals surface area contributed by atoms with Gasteiger partial charge in [-0.25, -0.2) is 0 Å². The number of hydrogen-bond acceptors (Lipinski definition) is 1. The Morgan fingerprint density at radius 1 is 1.22 bits per heavy atom. The molecule has 0 unspecified atom stereocenters. The van der Waals surface area contributed by atoms with Crippen LogP contribution in [0.2, 0.25) is 0 Å². The van der Waals surface area contributed by atoms with E-state index in [0.29, 0.717) is 5.78 Å². The Hall–Kier alpha value is -0.330. The Labute approximate surface area is 55.4 Å². The molecular formula is C8H11O. The molecule has 0 atom stereocenters. The van der Waals surface area contributed by atoms with Crippen LogP contribution >= 0.6 is 0 Å². The molecular weight excluding hydrogens is 112 g/mol. The lowest BCUT2D eigenvalue weighted by atomic mass is 9.70. The van der Waals surface area contributed by atoms with Crippen molar-refractivity contribution >= 4 is 5.78 Å². The van der Waals surface area contributed by atoms with Crippen molar-refractivity contribution in [2.24, 2.45) is 5.92 Å². The van der Waals surface area contributed by atoms with E-state index in [1.165, 1.54) is 18.8 Å². The molecule has 3 fully saturated rings. The SMILES string of the molecule is O=C1CC2CC[C]1CC2. The number of hydrogen-bond donors (Lipinski definition) is 0. The zero-order valence-electron chi connectivity index (χ0n) is 5.52. The average molecular weight is 123 g/mol. The Balaban J connectivity index is 2.15. The molecule has 3 saturated carbocycles. The van der Waals surface area contributed by atoms with Crippen LogP contribution in [0.3, 0.4) is 0 Å². The highest BCUT2D eigenvalue weighted by atomic mass is 16.1. The van der Waals surface area contributed by atoms with Gasteiger partial charge in [0.1, 0.15) is 5.78 Å². The summed E-state index contributed by atoms with van der Waals surface area (Å²) in [7, 11) is 0. The molecule has 3 aliphatic carbocycles. The number of carbonyl (C=O) groups excluding carboxylic acids is 1. The van der Waals surface area contributed by atoms with E-state index in [2.05, 4.69) is 0 Å². The fourth-order valence-corrected chi connectivity index (χ4v) is 1.92. The molecule has 1 heteroatoms. The summed E-state index contributed by atoms with van der Waals surface area (Å²) < 4.78 is 0. The van der Waals surface area contributed by atoms with Gasteiger partial charge in [-0.1, -0.05) is 0 Å². The number of Topliss-reactive ketones (excluding diaryl/α,β-unsaturated/α-hetero) is 1. The third-order valence-electron chi connectivity index (χ3n) is 2.58. The molecule has 0 N–H and O–H groups in total. The summed E-state index contributed by atoms with van der Waals surface area (Å²) in [6, 6.07) is 0. The van der Waals surface area contributed by atoms with Crippen LogP contribution in [0, 0.1) is 11.8 Å². The van der Waals surface area contributed by atoms with Gasteiger partial charge in [0.05, 0.1) is 0 Å². The van der Waals surface area contributed by atoms with Crippen LogP contribution in [0.4, 0.5) is 0 Å². The predicted octanol–water partition coefficient (Wildman–Crippen LogP) is 1.72. The third-order valence-corrected chi connectivity index (χ3v) is 2.58. The summed E-state index contributed by atoms with van der Waals surface area (Å²) >= 11 is 0. The van der Waals surface area contributed by atoms with Crippen LogP contribution in [0.5, 0.6) is 0 Å². The van der Waals surface area contributed by atoms with Crippen LogP contribution in [-0.2, 0) is 4.79 Å². The highest BCUT2D eigenvalue weighted by Crippen LogP contribution is 2.39. The van der Waals surface area contributed by atoms with E-state index < -0.39 is 0 Å². The Morgan fingerprint density at radius 2 is 1.89 bits per heavy atom. The van der Waals surface area contributed by atoms with E-state index in [9.17, 15) is 4.79 Å². The molecule has 1 nitrogen and oxygen atoms in total. The van der Waals surface area contributed by atoms with Crippen molar-refractivity contribution in [3.8, 4) is 0 Å². The van der Waals surface area contributed by atoms with Gasteiger partial charge in [0.25, 0.3) is 0 Å². The molecule has 3 aliphatic rings. The van der Waals surface area contributed by atoms with Crippen LogP contribution in [0.1, 0.15) is 32.1 Å². The largest absolute Gasteiger partial charge is 0.299 e. The minimum atomic E-state index is 0.470. The molecule has 0 aliphatic heterocycles. The number of carbonyl (C=O) groups is 1. The molecule has 1 radical (unpaired) electrons. The lowest BCUT2D eigenvalue weighted by molar-refractivity contribution is -0.121. The lowest BCUT2D eigenvalue weighted by Gasteiger charge is -2.33. The van der Waals surface area contributed by atoms with Gasteiger partial charge in [-0.05, 0) is 31.6 Å². The molecule has 2 bridgehead atoms. The maximum atomic E-state index is 11.0. The van der Waals surface area contributed by atoms with Crippen LogP contribution in [-0.4, -0.2) is 5.78 Å². The smallest absolute Gasteiger partial charge is 0.140 e. The number of fused-ring (bicyclic) bond motifs is 3. The quantitative estimate of drug-likeness (QED) is 0.479. The van der Waals surface area contributed by atoms with Gasteiger partial charge < -0.3 is 0 Å². The summed E-state index contributed by atoms with van der Waals surface area (Å²) in [5.41, 5.74) is 0. The Bertz CT molecular complexity index is 132. The van der Waals surface area contributed by atoms with Crippen molar-refractivity contribution in [1.29, 1.82) is 0 Å². The van der Waals surface area contributed by atoms with Gasteiger partial charge >= 0.3 is 0 Å². The molecule has 3 rings (SSSR count). The minimum absolute atomic E-state index is 0.470. The summed E-state index contributed by atoms with van der Waals surface area (Å²) in [6.07, 6.45) is 5.68. The van der Waals surface area contributed by atoms with Crippen molar-refractivity contribution in [2.45, 2.75) is 32.1 Å². The standard InChI is InChI=1S/C8H11O/c9-8-5-6-1-3-7(8)4-2-6/h6H,1-5H2. The summed E-state index contributed by atoms with van der Waals surface area (Å²) in [5.74, 6) is 2.46. The molecule has 0 aromatic heterocycles. The topological polar surface area (TPSA) is 17.1 Å². The van der Waals surface area contributed by atoms with E-state index in [1.807, 2.05) is 0 Å². The van der Waals surface area contributed by atoms with Gasteiger partial charge in [0.2, 0.25) is 0 Å². The zero-order chi connectivity index (χ0) is 6.27. The highest BCUT2D eigenvalue weighted by molar-refractivity contribution is 5.93. The van der Waals surface area contributed by atoms with Gasteiger partial charge in [0, 0.05) is 12.3 Å². The van der Waals surface area contributed by atoms with Gasteiger partial charge in [-0.15, -0.1) is 0 Å². The molecule has 0 heterocycles. The van der Waals surface area contributed by atoms with E-state index in [1.54, 1.807) is 0 Å². The summed E-state index contributed by atoms with van der Waals surface area (Å²) in [6.45, 7) is 0. The fourth-order valence-electron chi connectivity index (χ4n) is 1.92. The maximum Gasteiger partial charge on any atom is 0.140 e. The zero-order valence-corrected chi connectivity index (χ0v) is 5.52. The molecule has 9 heavy (non-hydrogen) atoms. The van der Waals surface area contributed by atoms with Crippen molar-refractivity contribution in [1.82, 2.24) is 0 Å². The highest BCUT2D eigenvalue weighted by Gasteiger charge is 2.34. The molecule has 0 aromatic carbocycles. The molecule has 0 spiro atoms. The maximum absolute atomic E-state index is 11.0. The van der Waals surface area contributed by atoms with Gasteiger partial charge in [-0.3, -0.25) is 4.79 Å². The first-order valence-corrected chi connectivity index (χ1v) is 3.74. The summed E-state index contributed by atoms with van der Waals surface area (Å²) in [5, 5.41) is 0. The number of rotatable bonds is 0. The molecule has 0 saturated heterocycles. The average Bonchev–Trinajstić information content (AvgIpc) is 1.90. The lowest BCUT2D eigenvalue weighted by Crippen LogP contribution is -2.29. The van der Waals surface area contributed by atoms with Gasteiger partial charge in [-0.2, -0.15) is 0 Å². The first kappa shape index (κ1) is 5.45. The first-order valence-electron chi connectivity index (χ1n) is 3.74. The van der Waals surface area contributed by atoms with E-state index in [0.717, 1.165) is 25.2 Å². The normalized spacial score (nSPS) is 29.6. The molecule has 49 valence electrons. The van der Waals surface area contributed by atoms with Crippen LogP contribution in [0.15, 0.2) is 0 Å². The van der Waals surface area contributed by atoms with E-state index in [-0.39, 0.29) is 0 Å². The monoisotopic (exact) mass is 123 g/mol. The van der Waals surface area contributed by atoms with Crippen LogP contribution in [0.25, 0.3) is 0 Å². The van der Waals surface area contributed by atoms with Gasteiger partial charge in [0.15, 0.2) is 0 Å². The van der Waals surface area contributed by atoms with Crippen LogP contribution < -0.4 is 0 Å². The third kappa shape index (κ3) is 0.790. The van der Waals surface area contributed by atoms with Crippen molar-refractivity contribution in [3.63, 3.8) is 0 Å². The molecule has 0 aromatic rings. The van der Waals surface area contributed by atoms with E-state index >= 15 is 0 Å². The Morgan fingerprint density at radius 3 is 2.11 bits per heavy atom. The minimum Gasteiger partial charge on any atom is -0.299 e. The van der Waals surface area contributed by atoms with Crippen molar-refractivity contribution in [2.75, 3.05) is 0 Å². The second-order valence-corrected chi connectivity index (χ2v) is 3.17. The van der Waals surface area contributed by atoms with Crippen molar-refractivity contribution in [3.05, 3.63) is 5.92 Å². The fraction of sp³-hybridized carbons (Fsp3) is 0.750. The second-order valence-electron chi connectivity index (χ2n) is 3.17. The molecule has 0 amide bonds. The first-order chi connectivity index (χ1) is 4.36. The second kappa shape index (κ2) is 1.83. The Kier molecular flexibility index (Phi) is 1.11. The van der Waals surface area contributed by atoms with E-state index in [4.69, 9.17) is 0 Å². The summed E-state index contributed by atoms with van der Waals surface area (Å²) in [4.78, 5) is 11.0. The predicted molar refractivity (Wildman–Crippen MR) is 34.8 cm³/mol.